The molecule has 1 saturated heterocycles. The topological polar surface area (TPSA) is 28.4 Å². The van der Waals surface area contributed by atoms with E-state index < -0.39 is 0 Å². The van der Waals surface area contributed by atoms with Crippen molar-refractivity contribution in [3.05, 3.63) is 23.7 Å². The van der Waals surface area contributed by atoms with Gasteiger partial charge in [-0.05, 0) is 30.9 Å². The maximum Gasteiger partial charge on any atom is 0.122 e. The Balaban J connectivity index is 1.94. The monoisotopic (exact) mass is 250 g/mol. The fraction of sp³-hybridized carbons (Fsp3) is 0.733. The van der Waals surface area contributed by atoms with Gasteiger partial charge in [0.15, 0.2) is 0 Å². The summed E-state index contributed by atoms with van der Waals surface area (Å²) in [6.45, 7) is 12.1. The fourth-order valence-electron chi connectivity index (χ4n) is 3.06. The Labute approximate surface area is 111 Å². The van der Waals surface area contributed by atoms with Crippen molar-refractivity contribution in [3.63, 3.8) is 0 Å². The third kappa shape index (κ3) is 3.59. The van der Waals surface area contributed by atoms with E-state index in [4.69, 9.17) is 4.42 Å². The van der Waals surface area contributed by atoms with Gasteiger partial charge >= 0.3 is 0 Å². The van der Waals surface area contributed by atoms with Gasteiger partial charge in [-0.1, -0.05) is 20.8 Å². The third-order valence-electron chi connectivity index (χ3n) is 3.71. The van der Waals surface area contributed by atoms with Crippen LogP contribution < -0.4 is 5.32 Å². The van der Waals surface area contributed by atoms with E-state index in [0.29, 0.717) is 0 Å². The van der Waals surface area contributed by atoms with E-state index >= 15 is 0 Å². The molecule has 0 spiro atoms. The van der Waals surface area contributed by atoms with Gasteiger partial charge in [-0.2, -0.15) is 0 Å². The first-order valence-corrected chi connectivity index (χ1v) is 7.17. The van der Waals surface area contributed by atoms with Crippen LogP contribution in [0.3, 0.4) is 0 Å². The first-order chi connectivity index (χ1) is 8.69. The molecule has 2 unspecified atom stereocenters. The van der Waals surface area contributed by atoms with Gasteiger partial charge in [-0.25, -0.2) is 0 Å². The van der Waals surface area contributed by atoms with Crippen LogP contribution in [0.15, 0.2) is 16.7 Å². The summed E-state index contributed by atoms with van der Waals surface area (Å²) in [4.78, 5) is 2.57. The minimum Gasteiger partial charge on any atom is -0.468 e. The van der Waals surface area contributed by atoms with Crippen LogP contribution >= 0.6 is 0 Å². The zero-order chi connectivity index (χ0) is 13.0. The molecular weight excluding hydrogens is 224 g/mol. The zero-order valence-electron chi connectivity index (χ0n) is 11.9. The van der Waals surface area contributed by atoms with Crippen molar-refractivity contribution in [2.24, 2.45) is 11.8 Å². The van der Waals surface area contributed by atoms with Gasteiger partial charge in [0.1, 0.15) is 5.76 Å². The number of nitrogens with one attached hydrogen (secondary N) is 1. The first-order valence-electron chi connectivity index (χ1n) is 7.17. The summed E-state index contributed by atoms with van der Waals surface area (Å²) in [5.41, 5.74) is 1.34. The molecule has 102 valence electrons. The minimum absolute atomic E-state index is 0.817. The lowest BCUT2D eigenvalue weighted by Gasteiger charge is -2.34. The summed E-state index contributed by atoms with van der Waals surface area (Å²) in [6.07, 6.45) is 3.19. The Hall–Kier alpha value is -0.800. The summed E-state index contributed by atoms with van der Waals surface area (Å²) in [5.74, 6) is 2.73. The molecule has 1 aliphatic rings. The largest absolute Gasteiger partial charge is 0.468 e. The minimum atomic E-state index is 0.817. The van der Waals surface area contributed by atoms with Crippen LogP contribution in [-0.4, -0.2) is 24.5 Å². The lowest BCUT2D eigenvalue weighted by Crippen LogP contribution is -2.38. The van der Waals surface area contributed by atoms with Crippen LogP contribution in [0.2, 0.25) is 0 Å². The lowest BCUT2D eigenvalue weighted by atomic mass is 9.91. The molecule has 3 heteroatoms. The number of likely N-dealkylation sites (tertiary alicyclic amines) is 1. The highest BCUT2D eigenvalue weighted by Crippen LogP contribution is 2.23. The second kappa shape index (κ2) is 6.39. The second-order valence-corrected chi connectivity index (χ2v) is 5.79. The summed E-state index contributed by atoms with van der Waals surface area (Å²) in [5, 5.41) is 3.33. The fourth-order valence-corrected chi connectivity index (χ4v) is 3.06. The molecule has 0 aliphatic carbocycles. The molecule has 1 aromatic rings. The number of rotatable bonds is 5. The quantitative estimate of drug-likeness (QED) is 0.871. The van der Waals surface area contributed by atoms with E-state index in [-0.39, 0.29) is 0 Å². The highest BCUT2D eigenvalue weighted by Gasteiger charge is 2.22. The van der Waals surface area contributed by atoms with Gasteiger partial charge in [-0.15, -0.1) is 0 Å². The molecule has 0 radical (unpaired) electrons. The molecule has 2 heterocycles. The molecule has 2 rings (SSSR count). The van der Waals surface area contributed by atoms with Crippen molar-refractivity contribution in [1.82, 2.24) is 10.2 Å². The molecule has 0 bridgehead atoms. The molecule has 0 amide bonds. The van der Waals surface area contributed by atoms with Gasteiger partial charge in [-0.3, -0.25) is 4.90 Å². The van der Waals surface area contributed by atoms with Crippen LogP contribution in [-0.2, 0) is 13.1 Å². The molecule has 0 saturated carbocycles. The van der Waals surface area contributed by atoms with Gasteiger partial charge in [0, 0.05) is 25.2 Å². The van der Waals surface area contributed by atoms with E-state index in [0.717, 1.165) is 37.2 Å². The Morgan fingerprint density at radius 1 is 1.33 bits per heavy atom. The molecule has 0 aromatic carbocycles. The van der Waals surface area contributed by atoms with E-state index in [1.807, 2.05) is 6.26 Å². The molecule has 1 aromatic heterocycles. The normalized spacial score (nSPS) is 25.5. The van der Waals surface area contributed by atoms with Crippen LogP contribution in [0.25, 0.3) is 0 Å². The van der Waals surface area contributed by atoms with Crippen molar-refractivity contribution in [2.75, 3.05) is 19.6 Å². The highest BCUT2D eigenvalue weighted by atomic mass is 16.3. The maximum absolute atomic E-state index is 5.57. The summed E-state index contributed by atoms with van der Waals surface area (Å²) in [6, 6.07) is 2.12. The average molecular weight is 250 g/mol. The van der Waals surface area contributed by atoms with Gasteiger partial charge < -0.3 is 9.73 Å². The standard InChI is InChI=1S/C15H26N2O/c1-4-16-8-15-14(5-6-18-15)11-17-9-12(2)7-13(3)10-17/h5-6,12-13,16H,4,7-11H2,1-3H3. The van der Waals surface area contributed by atoms with Crippen molar-refractivity contribution >= 4 is 0 Å². The van der Waals surface area contributed by atoms with E-state index in [1.165, 1.54) is 25.1 Å². The third-order valence-corrected chi connectivity index (χ3v) is 3.71. The predicted octanol–water partition coefficient (Wildman–Crippen LogP) is 2.87. The maximum atomic E-state index is 5.57. The van der Waals surface area contributed by atoms with E-state index in [1.54, 1.807) is 0 Å². The van der Waals surface area contributed by atoms with Gasteiger partial charge in [0.05, 0.1) is 12.8 Å². The van der Waals surface area contributed by atoms with Crippen LogP contribution in [0.5, 0.6) is 0 Å². The predicted molar refractivity (Wildman–Crippen MR) is 74.3 cm³/mol. The van der Waals surface area contributed by atoms with Crippen molar-refractivity contribution in [2.45, 2.75) is 40.3 Å². The number of piperidine rings is 1. The van der Waals surface area contributed by atoms with Crippen molar-refractivity contribution < 1.29 is 4.42 Å². The zero-order valence-corrected chi connectivity index (χ0v) is 11.9. The average Bonchev–Trinajstić information content (AvgIpc) is 2.72. The SMILES string of the molecule is CCNCc1occc1CN1CC(C)CC(C)C1. The summed E-state index contributed by atoms with van der Waals surface area (Å²) >= 11 is 0. The smallest absolute Gasteiger partial charge is 0.122 e. The molecule has 3 nitrogen and oxygen atoms in total. The molecule has 1 N–H and O–H groups in total. The molecule has 1 fully saturated rings. The summed E-state index contributed by atoms with van der Waals surface area (Å²) in [7, 11) is 0. The number of furan rings is 1. The first kappa shape index (κ1) is 13.6. The van der Waals surface area contributed by atoms with Crippen molar-refractivity contribution in [1.29, 1.82) is 0 Å². The highest BCUT2D eigenvalue weighted by molar-refractivity contribution is 5.17. The van der Waals surface area contributed by atoms with Crippen LogP contribution in [0, 0.1) is 11.8 Å². The Morgan fingerprint density at radius 2 is 2.06 bits per heavy atom. The van der Waals surface area contributed by atoms with Crippen LogP contribution in [0.1, 0.15) is 38.5 Å². The van der Waals surface area contributed by atoms with E-state index in [2.05, 4.69) is 37.1 Å². The number of hydrogen-bond donors (Lipinski definition) is 1. The van der Waals surface area contributed by atoms with Gasteiger partial charge in [0.2, 0.25) is 0 Å². The summed E-state index contributed by atoms with van der Waals surface area (Å²) < 4.78 is 5.57. The number of nitrogens with zero attached hydrogens (tertiary/aromatic N) is 1. The second-order valence-electron chi connectivity index (χ2n) is 5.79. The molecule has 18 heavy (non-hydrogen) atoms. The number of hydrogen-bond acceptors (Lipinski definition) is 3. The molecule has 2 atom stereocenters. The van der Waals surface area contributed by atoms with Gasteiger partial charge in [0.25, 0.3) is 0 Å². The lowest BCUT2D eigenvalue weighted by molar-refractivity contribution is 0.133. The Kier molecular flexibility index (Phi) is 4.84. The molecule has 1 aliphatic heterocycles. The van der Waals surface area contributed by atoms with Crippen LogP contribution in [0.4, 0.5) is 0 Å². The van der Waals surface area contributed by atoms with Crippen molar-refractivity contribution in [3.8, 4) is 0 Å². The van der Waals surface area contributed by atoms with E-state index in [9.17, 15) is 0 Å². The Morgan fingerprint density at radius 3 is 2.72 bits per heavy atom. The Bertz CT molecular complexity index is 351. The molecular formula is C15H26N2O.